The molecule has 3 atom stereocenters. The molecule has 5 heteroatoms. The summed E-state index contributed by atoms with van der Waals surface area (Å²) in [4.78, 5) is 13.8. The molecule has 4 saturated carbocycles. The SMILES string of the molecule is CN(C[C@@H](N)CC12CC3CC(CC1C3)C2)C(=O)OCC[Si](C)(C)C. The van der Waals surface area contributed by atoms with Crippen LogP contribution in [0.5, 0.6) is 0 Å². The first-order chi connectivity index (χ1) is 11.2. The molecule has 0 radical (unpaired) electrons. The Morgan fingerprint density at radius 1 is 1.25 bits per heavy atom. The molecule has 0 aromatic rings. The zero-order valence-electron chi connectivity index (χ0n) is 16.0. The van der Waals surface area contributed by atoms with Crippen molar-refractivity contribution in [2.75, 3.05) is 20.2 Å². The van der Waals surface area contributed by atoms with E-state index in [0.717, 1.165) is 30.2 Å². The Morgan fingerprint density at radius 2 is 1.88 bits per heavy atom. The number of hydrogen-bond acceptors (Lipinski definition) is 3. The summed E-state index contributed by atoms with van der Waals surface area (Å²) in [6, 6.07) is 1.10. The second kappa shape index (κ2) is 6.64. The first kappa shape index (κ1) is 18.2. The van der Waals surface area contributed by atoms with Crippen molar-refractivity contribution in [1.29, 1.82) is 0 Å². The Hall–Kier alpha value is -0.553. The molecule has 4 aliphatic rings. The molecule has 4 bridgehead atoms. The van der Waals surface area contributed by atoms with Gasteiger partial charge in [0.15, 0.2) is 0 Å². The number of ether oxygens (including phenoxy) is 1. The van der Waals surface area contributed by atoms with Gasteiger partial charge in [-0.05, 0) is 67.7 Å². The van der Waals surface area contributed by atoms with E-state index in [9.17, 15) is 4.79 Å². The lowest BCUT2D eigenvalue weighted by molar-refractivity contribution is 0.107. The van der Waals surface area contributed by atoms with Crippen molar-refractivity contribution in [2.45, 2.75) is 70.3 Å². The van der Waals surface area contributed by atoms with Gasteiger partial charge in [0, 0.05) is 27.7 Å². The summed E-state index contributed by atoms with van der Waals surface area (Å²) in [5, 5.41) is 0. The van der Waals surface area contributed by atoms with E-state index in [1.54, 1.807) is 4.90 Å². The number of nitrogens with zero attached hydrogens (tertiary/aromatic N) is 1. The van der Waals surface area contributed by atoms with Crippen LogP contribution in [-0.4, -0.2) is 45.3 Å². The van der Waals surface area contributed by atoms with Crippen molar-refractivity contribution in [1.82, 2.24) is 4.90 Å². The molecule has 4 fully saturated rings. The van der Waals surface area contributed by atoms with Crippen LogP contribution in [0.1, 0.15) is 38.5 Å². The highest BCUT2D eigenvalue weighted by Gasteiger charge is 2.57. The van der Waals surface area contributed by atoms with Gasteiger partial charge in [-0.1, -0.05) is 19.6 Å². The van der Waals surface area contributed by atoms with Gasteiger partial charge in [-0.3, -0.25) is 0 Å². The van der Waals surface area contributed by atoms with Crippen molar-refractivity contribution in [3.05, 3.63) is 0 Å². The monoisotopic (exact) mass is 352 g/mol. The molecule has 0 aliphatic heterocycles. The smallest absolute Gasteiger partial charge is 0.409 e. The van der Waals surface area contributed by atoms with E-state index >= 15 is 0 Å². The van der Waals surface area contributed by atoms with E-state index in [4.69, 9.17) is 10.5 Å². The number of hydrogen-bond donors (Lipinski definition) is 1. The van der Waals surface area contributed by atoms with Crippen molar-refractivity contribution in [2.24, 2.45) is 28.9 Å². The van der Waals surface area contributed by atoms with Gasteiger partial charge < -0.3 is 15.4 Å². The van der Waals surface area contributed by atoms with E-state index in [-0.39, 0.29) is 12.1 Å². The van der Waals surface area contributed by atoms with Crippen molar-refractivity contribution in [3.8, 4) is 0 Å². The third kappa shape index (κ3) is 3.98. The summed E-state index contributed by atoms with van der Waals surface area (Å²) in [5.41, 5.74) is 6.97. The van der Waals surface area contributed by atoms with Crippen LogP contribution in [0.3, 0.4) is 0 Å². The third-order valence-corrected chi connectivity index (χ3v) is 8.43. The van der Waals surface area contributed by atoms with Crippen molar-refractivity contribution < 1.29 is 9.53 Å². The summed E-state index contributed by atoms with van der Waals surface area (Å²) < 4.78 is 5.43. The van der Waals surface area contributed by atoms with E-state index in [0.29, 0.717) is 18.6 Å². The molecule has 0 saturated heterocycles. The van der Waals surface area contributed by atoms with Crippen LogP contribution >= 0.6 is 0 Å². The number of amides is 1. The average Bonchev–Trinajstić information content (AvgIpc) is 2.80. The minimum absolute atomic E-state index is 0.0811. The molecule has 0 aromatic heterocycles. The number of carbonyl (C=O) groups excluding carboxylic acids is 1. The fraction of sp³-hybridized carbons (Fsp3) is 0.947. The second-order valence-corrected chi connectivity index (χ2v) is 15.8. The zero-order chi connectivity index (χ0) is 17.5. The highest BCUT2D eigenvalue weighted by atomic mass is 28.3. The quantitative estimate of drug-likeness (QED) is 0.706. The zero-order valence-corrected chi connectivity index (χ0v) is 17.0. The van der Waals surface area contributed by atoms with Gasteiger partial charge >= 0.3 is 6.09 Å². The predicted octanol–water partition coefficient (Wildman–Crippen LogP) is 3.94. The molecule has 0 spiro atoms. The van der Waals surface area contributed by atoms with E-state index in [1.165, 1.54) is 32.1 Å². The van der Waals surface area contributed by atoms with Gasteiger partial charge in [0.05, 0.1) is 6.61 Å². The highest BCUT2D eigenvalue weighted by molar-refractivity contribution is 6.76. The summed E-state index contributed by atoms with van der Waals surface area (Å²) in [5.74, 6) is 2.86. The lowest BCUT2D eigenvalue weighted by Crippen LogP contribution is -2.42. The number of rotatable bonds is 7. The summed E-state index contributed by atoms with van der Waals surface area (Å²) in [6.45, 7) is 8.05. The maximum absolute atomic E-state index is 12.2. The molecule has 138 valence electrons. The van der Waals surface area contributed by atoms with E-state index in [1.807, 2.05) is 7.05 Å². The van der Waals surface area contributed by atoms with Crippen LogP contribution in [0, 0.1) is 23.2 Å². The number of nitrogens with two attached hydrogens (primary N) is 1. The molecule has 2 N–H and O–H groups in total. The van der Waals surface area contributed by atoms with Crippen LogP contribution in [0.2, 0.25) is 25.7 Å². The molecule has 2 unspecified atom stereocenters. The van der Waals surface area contributed by atoms with Crippen LogP contribution < -0.4 is 5.73 Å². The molecular formula is C19H36N2O2Si. The third-order valence-electron chi connectivity index (χ3n) is 6.73. The van der Waals surface area contributed by atoms with Crippen LogP contribution in [0.25, 0.3) is 0 Å². The fourth-order valence-electron chi connectivity index (χ4n) is 5.87. The van der Waals surface area contributed by atoms with Crippen LogP contribution in [-0.2, 0) is 4.74 Å². The van der Waals surface area contributed by atoms with Gasteiger partial charge in [-0.15, -0.1) is 0 Å². The summed E-state index contributed by atoms with van der Waals surface area (Å²) in [7, 11) is 0.672. The van der Waals surface area contributed by atoms with Gasteiger partial charge in [-0.25, -0.2) is 4.79 Å². The van der Waals surface area contributed by atoms with Gasteiger partial charge in [-0.2, -0.15) is 0 Å². The molecule has 4 rings (SSSR count). The first-order valence-corrected chi connectivity index (χ1v) is 13.5. The topological polar surface area (TPSA) is 55.6 Å². The average molecular weight is 353 g/mol. The molecule has 1 amide bonds. The first-order valence-electron chi connectivity index (χ1n) is 9.80. The lowest BCUT2D eigenvalue weighted by atomic mass is 9.72. The largest absolute Gasteiger partial charge is 0.450 e. The maximum Gasteiger partial charge on any atom is 0.409 e. The predicted molar refractivity (Wildman–Crippen MR) is 101 cm³/mol. The molecular weight excluding hydrogens is 316 g/mol. The standard InChI is InChI=1S/C19H36N2O2Si/c1-21(18(22)23-5-6-24(2,3)4)13-17(20)12-19-10-14-7-15(11-19)9-16(19)8-14/h14-17H,5-13,20H2,1-4H3/t14?,15?,16?,17-,19?/m0/s1. The highest BCUT2D eigenvalue weighted by Crippen LogP contribution is 2.66. The minimum Gasteiger partial charge on any atom is -0.450 e. The Labute approximate surface area is 148 Å². The lowest BCUT2D eigenvalue weighted by Gasteiger charge is -2.36. The Balaban J connectivity index is 1.43. The van der Waals surface area contributed by atoms with Crippen LogP contribution in [0.4, 0.5) is 4.79 Å². The van der Waals surface area contributed by atoms with Crippen molar-refractivity contribution >= 4 is 14.2 Å². The Morgan fingerprint density at radius 3 is 2.46 bits per heavy atom. The Kier molecular flexibility index (Phi) is 5.04. The fourth-order valence-corrected chi connectivity index (χ4v) is 6.58. The van der Waals surface area contributed by atoms with Gasteiger partial charge in [0.25, 0.3) is 0 Å². The maximum atomic E-state index is 12.2. The molecule has 0 heterocycles. The molecule has 0 aromatic carbocycles. The Bertz CT molecular complexity index is 462. The van der Waals surface area contributed by atoms with Gasteiger partial charge in [0.1, 0.15) is 0 Å². The normalized spacial score (nSPS) is 35.3. The second-order valence-electron chi connectivity index (χ2n) is 10.2. The number of carbonyl (C=O) groups is 1. The van der Waals surface area contributed by atoms with Crippen molar-refractivity contribution in [3.63, 3.8) is 0 Å². The van der Waals surface area contributed by atoms with Crippen LogP contribution in [0.15, 0.2) is 0 Å². The van der Waals surface area contributed by atoms with E-state index in [2.05, 4.69) is 19.6 Å². The number of likely N-dealkylation sites (N-methyl/N-ethyl adjacent to an activating group) is 1. The molecule has 4 aliphatic carbocycles. The summed E-state index contributed by atoms with van der Waals surface area (Å²) >= 11 is 0. The molecule has 4 nitrogen and oxygen atoms in total. The van der Waals surface area contributed by atoms with Gasteiger partial charge in [0.2, 0.25) is 0 Å². The summed E-state index contributed by atoms with van der Waals surface area (Å²) in [6.07, 6.45) is 8.03. The molecule has 24 heavy (non-hydrogen) atoms. The minimum atomic E-state index is -1.15. The van der Waals surface area contributed by atoms with E-state index < -0.39 is 8.07 Å².